The number of aromatic nitrogens is 2. The van der Waals surface area contributed by atoms with Crippen LogP contribution >= 0.6 is 0 Å². The third-order valence-electron chi connectivity index (χ3n) is 3.49. The zero-order chi connectivity index (χ0) is 13.9. The van der Waals surface area contributed by atoms with E-state index in [0.717, 1.165) is 41.8 Å². The third-order valence-corrected chi connectivity index (χ3v) is 3.49. The highest BCUT2D eigenvalue weighted by molar-refractivity contribution is 5.80. The van der Waals surface area contributed by atoms with Crippen molar-refractivity contribution in [2.75, 3.05) is 0 Å². The van der Waals surface area contributed by atoms with Gasteiger partial charge in [0.05, 0.1) is 11.0 Å². The maximum Gasteiger partial charge on any atom is 0.141 e. The van der Waals surface area contributed by atoms with Gasteiger partial charge in [0.25, 0.3) is 0 Å². The van der Waals surface area contributed by atoms with Crippen molar-refractivity contribution in [2.24, 2.45) is 0 Å². The number of hydrogen-bond donors (Lipinski definition) is 0. The lowest BCUT2D eigenvalue weighted by molar-refractivity contribution is 0.627. The molecule has 0 unspecified atom stereocenters. The van der Waals surface area contributed by atoms with E-state index in [2.05, 4.69) is 17.6 Å². The average Bonchev–Trinajstić information content (AvgIpc) is 2.84. The highest BCUT2D eigenvalue weighted by Gasteiger charge is 2.11. The molecule has 2 nitrogen and oxygen atoms in total. The molecule has 1 aromatic heterocycles. The molecule has 1 heterocycles. The van der Waals surface area contributed by atoms with Gasteiger partial charge in [-0.15, -0.1) is 0 Å². The monoisotopic (exact) mass is 268 g/mol. The molecule has 2 aromatic carbocycles. The second kappa shape index (κ2) is 5.45. The molecule has 0 saturated carbocycles. The number of aryl methyl sites for hydroxylation is 1. The number of nitrogens with zero attached hydrogens (tertiary/aromatic N) is 2. The molecular formula is C17H17FN2. The van der Waals surface area contributed by atoms with Crippen LogP contribution in [0.5, 0.6) is 0 Å². The summed E-state index contributed by atoms with van der Waals surface area (Å²) in [5, 5.41) is 0. The SMILES string of the molecule is CCCCn1c(-c2ccc(F)cc2)nc2ccccc21. The summed E-state index contributed by atoms with van der Waals surface area (Å²) in [7, 11) is 0. The summed E-state index contributed by atoms with van der Waals surface area (Å²) in [5.74, 6) is 0.699. The summed E-state index contributed by atoms with van der Waals surface area (Å²) in [4.78, 5) is 4.71. The van der Waals surface area contributed by atoms with Crippen LogP contribution in [0.3, 0.4) is 0 Å². The zero-order valence-corrected chi connectivity index (χ0v) is 11.5. The summed E-state index contributed by atoms with van der Waals surface area (Å²) in [6.07, 6.45) is 2.24. The fourth-order valence-electron chi connectivity index (χ4n) is 2.44. The molecule has 0 radical (unpaired) electrons. The van der Waals surface area contributed by atoms with Crippen molar-refractivity contribution in [3.63, 3.8) is 0 Å². The molecule has 0 aliphatic rings. The third kappa shape index (κ3) is 2.31. The summed E-state index contributed by atoms with van der Waals surface area (Å²) in [5.41, 5.74) is 3.09. The second-order valence-electron chi connectivity index (χ2n) is 4.94. The molecule has 0 atom stereocenters. The molecule has 3 rings (SSSR count). The Kier molecular flexibility index (Phi) is 3.50. The number of benzene rings is 2. The number of halogens is 1. The molecule has 0 fully saturated rings. The van der Waals surface area contributed by atoms with Crippen molar-refractivity contribution in [3.8, 4) is 11.4 Å². The highest BCUT2D eigenvalue weighted by atomic mass is 19.1. The Morgan fingerprint density at radius 1 is 1.05 bits per heavy atom. The summed E-state index contributed by atoms with van der Waals surface area (Å²) < 4.78 is 15.3. The zero-order valence-electron chi connectivity index (χ0n) is 11.5. The number of imidazole rings is 1. The lowest BCUT2D eigenvalue weighted by atomic mass is 10.2. The lowest BCUT2D eigenvalue weighted by Gasteiger charge is -2.08. The molecule has 3 aromatic rings. The molecular weight excluding hydrogens is 251 g/mol. The van der Waals surface area contributed by atoms with Gasteiger partial charge < -0.3 is 4.57 Å². The van der Waals surface area contributed by atoms with Gasteiger partial charge in [-0.05, 0) is 42.8 Å². The van der Waals surface area contributed by atoms with E-state index < -0.39 is 0 Å². The minimum atomic E-state index is -0.218. The smallest absolute Gasteiger partial charge is 0.141 e. The molecule has 0 bridgehead atoms. The van der Waals surface area contributed by atoms with E-state index in [1.165, 1.54) is 12.1 Å². The first-order valence-corrected chi connectivity index (χ1v) is 7.01. The second-order valence-corrected chi connectivity index (χ2v) is 4.94. The lowest BCUT2D eigenvalue weighted by Crippen LogP contribution is -2.00. The standard InChI is InChI=1S/C17H17FN2/c1-2-3-12-20-16-7-5-4-6-15(16)19-17(20)13-8-10-14(18)11-9-13/h4-11H,2-3,12H2,1H3. The van der Waals surface area contributed by atoms with Gasteiger partial charge in [-0.1, -0.05) is 25.5 Å². The minimum absolute atomic E-state index is 0.218. The molecule has 0 aliphatic heterocycles. The number of hydrogen-bond acceptors (Lipinski definition) is 1. The molecule has 3 heteroatoms. The number of rotatable bonds is 4. The molecule has 102 valence electrons. The van der Waals surface area contributed by atoms with Gasteiger partial charge in [-0.3, -0.25) is 0 Å². The van der Waals surface area contributed by atoms with Crippen molar-refractivity contribution >= 4 is 11.0 Å². The Labute approximate surface area is 117 Å². The van der Waals surface area contributed by atoms with Crippen molar-refractivity contribution in [2.45, 2.75) is 26.3 Å². The maximum atomic E-state index is 13.1. The average molecular weight is 268 g/mol. The molecule has 0 amide bonds. The van der Waals surface area contributed by atoms with Crippen LogP contribution < -0.4 is 0 Å². The summed E-state index contributed by atoms with van der Waals surface area (Å²) >= 11 is 0. The quantitative estimate of drug-likeness (QED) is 0.674. The van der Waals surface area contributed by atoms with Crippen LogP contribution in [0.1, 0.15) is 19.8 Å². The largest absolute Gasteiger partial charge is 0.324 e. The van der Waals surface area contributed by atoms with E-state index in [-0.39, 0.29) is 5.82 Å². The van der Waals surface area contributed by atoms with Crippen molar-refractivity contribution in [1.82, 2.24) is 9.55 Å². The van der Waals surface area contributed by atoms with Crippen LogP contribution in [0.2, 0.25) is 0 Å². The van der Waals surface area contributed by atoms with Crippen LogP contribution in [0, 0.1) is 5.82 Å². The van der Waals surface area contributed by atoms with Crippen molar-refractivity contribution in [1.29, 1.82) is 0 Å². The summed E-state index contributed by atoms with van der Waals surface area (Å²) in [6, 6.07) is 14.7. The number of para-hydroxylation sites is 2. The van der Waals surface area contributed by atoms with Gasteiger partial charge in [0.15, 0.2) is 0 Å². The minimum Gasteiger partial charge on any atom is -0.324 e. The molecule has 0 N–H and O–H groups in total. The molecule has 20 heavy (non-hydrogen) atoms. The molecule has 0 spiro atoms. The van der Waals surface area contributed by atoms with Gasteiger partial charge in [-0.2, -0.15) is 0 Å². The highest BCUT2D eigenvalue weighted by Crippen LogP contribution is 2.25. The molecule has 0 saturated heterocycles. The van der Waals surface area contributed by atoms with Gasteiger partial charge in [0.1, 0.15) is 11.6 Å². The first-order valence-electron chi connectivity index (χ1n) is 7.01. The van der Waals surface area contributed by atoms with Gasteiger partial charge in [0, 0.05) is 12.1 Å². The first kappa shape index (κ1) is 12.9. The number of unbranched alkanes of at least 4 members (excludes halogenated alkanes) is 1. The summed E-state index contributed by atoms with van der Waals surface area (Å²) in [6.45, 7) is 3.11. The Bertz CT molecular complexity index is 713. The van der Waals surface area contributed by atoms with Gasteiger partial charge in [-0.25, -0.2) is 9.37 Å². The Morgan fingerprint density at radius 3 is 2.55 bits per heavy atom. The predicted molar refractivity (Wildman–Crippen MR) is 80.0 cm³/mol. The van der Waals surface area contributed by atoms with E-state index in [4.69, 9.17) is 4.98 Å². The number of fused-ring (bicyclic) bond motifs is 1. The van der Waals surface area contributed by atoms with Crippen LogP contribution in [-0.2, 0) is 6.54 Å². The Balaban J connectivity index is 2.15. The van der Waals surface area contributed by atoms with E-state index in [9.17, 15) is 4.39 Å². The van der Waals surface area contributed by atoms with Crippen molar-refractivity contribution in [3.05, 3.63) is 54.3 Å². The normalized spacial score (nSPS) is 11.1. The Morgan fingerprint density at radius 2 is 1.80 bits per heavy atom. The fraction of sp³-hybridized carbons (Fsp3) is 0.235. The van der Waals surface area contributed by atoms with E-state index >= 15 is 0 Å². The topological polar surface area (TPSA) is 17.8 Å². The van der Waals surface area contributed by atoms with Crippen LogP contribution in [-0.4, -0.2) is 9.55 Å². The predicted octanol–water partition coefficient (Wildman–Crippen LogP) is 4.64. The van der Waals surface area contributed by atoms with Crippen molar-refractivity contribution < 1.29 is 4.39 Å². The van der Waals surface area contributed by atoms with Crippen LogP contribution in [0.4, 0.5) is 4.39 Å². The first-order chi connectivity index (χ1) is 9.79. The van der Waals surface area contributed by atoms with Gasteiger partial charge in [0.2, 0.25) is 0 Å². The van der Waals surface area contributed by atoms with E-state index in [1.54, 1.807) is 12.1 Å². The van der Waals surface area contributed by atoms with Gasteiger partial charge >= 0.3 is 0 Å². The van der Waals surface area contributed by atoms with Crippen LogP contribution in [0.15, 0.2) is 48.5 Å². The fourth-order valence-corrected chi connectivity index (χ4v) is 2.44. The van der Waals surface area contributed by atoms with E-state index in [1.807, 2.05) is 18.2 Å². The molecule has 0 aliphatic carbocycles. The van der Waals surface area contributed by atoms with E-state index in [0.29, 0.717) is 0 Å². The maximum absolute atomic E-state index is 13.1. The Hall–Kier alpha value is -2.16. The van der Waals surface area contributed by atoms with Crippen LogP contribution in [0.25, 0.3) is 22.4 Å².